The lowest BCUT2D eigenvalue weighted by Crippen LogP contribution is -2.46. The van der Waals surface area contributed by atoms with Gasteiger partial charge in [0.2, 0.25) is 0 Å². The largest absolute Gasteiger partial charge is 0.342 e. The summed E-state index contributed by atoms with van der Waals surface area (Å²) in [6.07, 6.45) is 5.23. The van der Waals surface area contributed by atoms with Crippen LogP contribution in [0.3, 0.4) is 0 Å². The Hall–Kier alpha value is -1.06. The predicted octanol–water partition coefficient (Wildman–Crippen LogP) is 1.81. The Labute approximate surface area is 103 Å². The zero-order chi connectivity index (χ0) is 12.5. The van der Waals surface area contributed by atoms with Crippen molar-refractivity contribution in [2.24, 2.45) is 10.4 Å². The fourth-order valence-corrected chi connectivity index (χ4v) is 2.80. The number of rotatable bonds is 1. The van der Waals surface area contributed by atoms with Crippen LogP contribution in [0.4, 0.5) is 0 Å². The van der Waals surface area contributed by atoms with Crippen LogP contribution in [-0.4, -0.2) is 24.0 Å². The van der Waals surface area contributed by atoms with E-state index in [1.54, 1.807) is 0 Å². The molecule has 0 radical (unpaired) electrons. The number of hydrogen-bond acceptors (Lipinski definition) is 2. The van der Waals surface area contributed by atoms with Crippen LogP contribution < -0.4 is 10.6 Å². The lowest BCUT2D eigenvalue weighted by atomic mass is 9.83. The summed E-state index contributed by atoms with van der Waals surface area (Å²) in [7, 11) is 0. The Morgan fingerprint density at radius 3 is 2.71 bits per heavy atom. The molecule has 1 atom stereocenters. The van der Waals surface area contributed by atoms with Crippen molar-refractivity contribution in [1.82, 2.24) is 10.6 Å². The lowest BCUT2D eigenvalue weighted by molar-refractivity contribution is -0.124. The molecule has 1 saturated carbocycles. The first-order valence-corrected chi connectivity index (χ1v) is 6.62. The van der Waals surface area contributed by atoms with Gasteiger partial charge in [-0.25, -0.2) is 0 Å². The van der Waals surface area contributed by atoms with E-state index in [4.69, 9.17) is 0 Å². The maximum atomic E-state index is 12.1. The maximum Gasteiger partial charge on any atom is 0.252 e. The van der Waals surface area contributed by atoms with Crippen molar-refractivity contribution in [2.75, 3.05) is 6.54 Å². The molecule has 2 aliphatic rings. The predicted molar refractivity (Wildman–Crippen MR) is 68.9 cm³/mol. The van der Waals surface area contributed by atoms with E-state index in [2.05, 4.69) is 29.5 Å². The number of nitrogens with one attached hydrogen (secondary N) is 2. The summed E-state index contributed by atoms with van der Waals surface area (Å²) >= 11 is 0. The van der Waals surface area contributed by atoms with E-state index in [9.17, 15) is 4.79 Å². The lowest BCUT2D eigenvalue weighted by Gasteiger charge is -2.26. The van der Waals surface area contributed by atoms with Crippen LogP contribution in [-0.2, 0) is 4.79 Å². The number of amides is 1. The van der Waals surface area contributed by atoms with Gasteiger partial charge in [-0.1, -0.05) is 20.3 Å². The minimum atomic E-state index is -0.387. The van der Waals surface area contributed by atoms with E-state index in [1.807, 2.05) is 6.92 Å². The van der Waals surface area contributed by atoms with E-state index in [1.165, 1.54) is 6.42 Å². The highest BCUT2D eigenvalue weighted by molar-refractivity contribution is 6.09. The van der Waals surface area contributed by atoms with Crippen LogP contribution in [0.1, 0.15) is 52.9 Å². The summed E-state index contributed by atoms with van der Waals surface area (Å²) < 4.78 is 0. The minimum absolute atomic E-state index is 0.113. The first-order valence-electron chi connectivity index (χ1n) is 6.62. The molecule has 96 valence electrons. The molecule has 0 aromatic heterocycles. The van der Waals surface area contributed by atoms with E-state index < -0.39 is 0 Å². The molecule has 2 rings (SSSR count). The van der Waals surface area contributed by atoms with Gasteiger partial charge in [-0.05, 0) is 38.0 Å². The number of nitrogens with zero attached hydrogens (tertiary/aromatic N) is 1. The van der Waals surface area contributed by atoms with Crippen LogP contribution in [0.5, 0.6) is 0 Å². The first-order chi connectivity index (χ1) is 7.97. The zero-order valence-electron chi connectivity index (χ0n) is 11.1. The molecule has 0 bridgehead atoms. The van der Waals surface area contributed by atoms with E-state index >= 15 is 0 Å². The third kappa shape index (κ3) is 2.45. The summed E-state index contributed by atoms with van der Waals surface area (Å²) in [4.78, 5) is 16.4. The van der Waals surface area contributed by atoms with Crippen molar-refractivity contribution in [3.63, 3.8) is 0 Å². The molecule has 1 unspecified atom stereocenters. The Morgan fingerprint density at radius 1 is 1.24 bits per heavy atom. The van der Waals surface area contributed by atoms with Gasteiger partial charge in [0.25, 0.3) is 5.91 Å². The van der Waals surface area contributed by atoms with Crippen LogP contribution in [0, 0.1) is 5.41 Å². The second kappa shape index (κ2) is 4.31. The van der Waals surface area contributed by atoms with Crippen molar-refractivity contribution in [1.29, 1.82) is 0 Å². The van der Waals surface area contributed by atoms with Crippen molar-refractivity contribution in [3.05, 3.63) is 0 Å². The van der Waals surface area contributed by atoms with E-state index in [0.29, 0.717) is 17.9 Å². The maximum absolute atomic E-state index is 12.1. The van der Waals surface area contributed by atoms with Gasteiger partial charge in [0.1, 0.15) is 5.54 Å². The van der Waals surface area contributed by atoms with Gasteiger partial charge in [-0.15, -0.1) is 0 Å². The molecule has 2 N–H and O–H groups in total. The third-order valence-corrected chi connectivity index (χ3v) is 4.03. The molecule has 0 aromatic rings. The average molecular weight is 237 g/mol. The van der Waals surface area contributed by atoms with Gasteiger partial charge in [-0.2, -0.15) is 0 Å². The summed E-state index contributed by atoms with van der Waals surface area (Å²) in [6.45, 7) is 7.26. The van der Waals surface area contributed by atoms with Crippen molar-refractivity contribution < 1.29 is 4.79 Å². The normalized spacial score (nSPS) is 34.5. The van der Waals surface area contributed by atoms with Crippen LogP contribution in [0.25, 0.3) is 0 Å². The van der Waals surface area contributed by atoms with Crippen molar-refractivity contribution in [2.45, 2.75) is 58.4 Å². The molecule has 1 saturated heterocycles. The molecule has 0 aromatic carbocycles. The van der Waals surface area contributed by atoms with Gasteiger partial charge in [0.05, 0.1) is 0 Å². The second-order valence-corrected chi connectivity index (χ2v) is 6.00. The Morgan fingerprint density at radius 2 is 2.00 bits per heavy atom. The molecule has 4 nitrogen and oxygen atoms in total. The minimum Gasteiger partial charge on any atom is -0.342 e. The van der Waals surface area contributed by atoms with Crippen molar-refractivity contribution in [3.8, 4) is 0 Å². The zero-order valence-corrected chi connectivity index (χ0v) is 11.1. The van der Waals surface area contributed by atoms with Gasteiger partial charge in [0.15, 0.2) is 5.96 Å². The van der Waals surface area contributed by atoms with Crippen molar-refractivity contribution >= 4 is 11.9 Å². The Balaban J connectivity index is 2.14. The fourth-order valence-electron chi connectivity index (χ4n) is 2.80. The number of carbonyl (C=O) groups excluding carboxylic acids is 1. The molecule has 1 aliphatic heterocycles. The molecule has 1 heterocycles. The number of aliphatic imine (C=N–C) groups is 1. The molecular formula is C13H23N3O. The first kappa shape index (κ1) is 12.4. The van der Waals surface area contributed by atoms with Crippen LogP contribution in [0.15, 0.2) is 4.99 Å². The number of guanidine groups is 1. The van der Waals surface area contributed by atoms with Gasteiger partial charge >= 0.3 is 0 Å². The standard InChI is InChI=1S/C13H23N3O/c1-4-14-11-15-10(17)13(16-11)7-5-6-12(2,3)8-9-13/h4-9H2,1-3H3,(H2,14,15,16,17). The van der Waals surface area contributed by atoms with Crippen LogP contribution >= 0.6 is 0 Å². The molecular weight excluding hydrogens is 214 g/mol. The second-order valence-electron chi connectivity index (χ2n) is 6.00. The molecule has 1 amide bonds. The quantitative estimate of drug-likeness (QED) is 0.731. The van der Waals surface area contributed by atoms with E-state index in [-0.39, 0.29) is 11.4 Å². The number of hydrogen-bond donors (Lipinski definition) is 2. The Kier molecular flexibility index (Phi) is 3.15. The fraction of sp³-hybridized carbons (Fsp3) is 0.846. The SMILES string of the molecule is CCN=C1NC(=O)C2(CCCC(C)(C)CC2)N1. The summed E-state index contributed by atoms with van der Waals surface area (Å²) in [5, 5.41) is 6.19. The smallest absolute Gasteiger partial charge is 0.252 e. The summed E-state index contributed by atoms with van der Waals surface area (Å²) in [5.41, 5.74) is -0.0299. The highest BCUT2D eigenvalue weighted by Crippen LogP contribution is 2.39. The van der Waals surface area contributed by atoms with Crippen LogP contribution in [0.2, 0.25) is 0 Å². The molecule has 4 heteroatoms. The van der Waals surface area contributed by atoms with Gasteiger partial charge in [0, 0.05) is 6.54 Å². The topological polar surface area (TPSA) is 53.5 Å². The summed E-state index contributed by atoms with van der Waals surface area (Å²) in [5.74, 6) is 0.777. The van der Waals surface area contributed by atoms with E-state index in [0.717, 1.165) is 25.7 Å². The molecule has 17 heavy (non-hydrogen) atoms. The van der Waals surface area contributed by atoms with Gasteiger partial charge < -0.3 is 5.32 Å². The summed E-state index contributed by atoms with van der Waals surface area (Å²) in [6, 6.07) is 0. The van der Waals surface area contributed by atoms with Gasteiger partial charge in [-0.3, -0.25) is 15.1 Å². The monoisotopic (exact) mass is 237 g/mol. The Bertz CT molecular complexity index is 349. The average Bonchev–Trinajstić information content (AvgIpc) is 2.44. The third-order valence-electron chi connectivity index (χ3n) is 4.03. The highest BCUT2D eigenvalue weighted by Gasteiger charge is 2.46. The molecule has 1 aliphatic carbocycles. The number of carbonyl (C=O) groups is 1. The molecule has 1 spiro atoms. The molecule has 2 fully saturated rings. The highest BCUT2D eigenvalue weighted by atomic mass is 16.2.